The zero-order chi connectivity index (χ0) is 13.7. The van der Waals surface area contributed by atoms with Crippen molar-refractivity contribution in [2.45, 2.75) is 25.8 Å². The third-order valence-electron chi connectivity index (χ3n) is 2.41. The van der Waals surface area contributed by atoms with Crippen LogP contribution in [0, 0.1) is 5.82 Å². The highest BCUT2D eigenvalue weighted by atomic mass is 19.1. The lowest BCUT2D eigenvalue weighted by Gasteiger charge is -2.11. The number of carboxylic acid groups (broad SMARTS) is 1. The number of hydrogen-bond donors (Lipinski definition) is 3. The molecule has 0 heterocycles. The molecule has 0 aromatic heterocycles. The third-order valence-corrected chi connectivity index (χ3v) is 2.41. The lowest BCUT2D eigenvalue weighted by molar-refractivity contribution is -0.117. The van der Waals surface area contributed by atoms with E-state index in [-0.39, 0.29) is 11.3 Å². The Labute approximate surface area is 104 Å². The number of anilines is 1. The van der Waals surface area contributed by atoms with Crippen LogP contribution in [0.25, 0.3) is 0 Å². The second-order valence-electron chi connectivity index (χ2n) is 3.88. The number of aromatic carboxylic acids is 1. The van der Waals surface area contributed by atoms with Gasteiger partial charge < -0.3 is 16.2 Å². The van der Waals surface area contributed by atoms with Crippen molar-refractivity contribution in [3.8, 4) is 0 Å². The normalized spacial score (nSPS) is 11.9. The smallest absolute Gasteiger partial charge is 0.335 e. The molecule has 0 aliphatic rings. The van der Waals surface area contributed by atoms with Crippen molar-refractivity contribution >= 4 is 17.6 Å². The molecule has 98 valence electrons. The number of benzene rings is 1. The first-order valence-electron chi connectivity index (χ1n) is 5.55. The van der Waals surface area contributed by atoms with E-state index in [4.69, 9.17) is 10.8 Å². The van der Waals surface area contributed by atoms with Crippen molar-refractivity contribution in [3.05, 3.63) is 29.6 Å². The van der Waals surface area contributed by atoms with Gasteiger partial charge in [0.25, 0.3) is 0 Å². The molecule has 0 fully saturated rings. The summed E-state index contributed by atoms with van der Waals surface area (Å²) in [5.74, 6) is -2.51. The van der Waals surface area contributed by atoms with Crippen molar-refractivity contribution in [1.82, 2.24) is 0 Å². The Balaban J connectivity index is 2.79. The van der Waals surface area contributed by atoms with E-state index in [2.05, 4.69) is 5.32 Å². The number of hydrogen-bond acceptors (Lipinski definition) is 3. The maximum absolute atomic E-state index is 13.5. The molecule has 4 N–H and O–H groups in total. The van der Waals surface area contributed by atoms with Gasteiger partial charge >= 0.3 is 5.97 Å². The zero-order valence-corrected chi connectivity index (χ0v) is 9.94. The van der Waals surface area contributed by atoms with E-state index in [0.717, 1.165) is 12.5 Å². The van der Waals surface area contributed by atoms with Gasteiger partial charge in [-0.15, -0.1) is 0 Å². The van der Waals surface area contributed by atoms with Crippen LogP contribution in [-0.2, 0) is 4.79 Å². The first-order valence-corrected chi connectivity index (χ1v) is 5.55. The molecule has 1 amide bonds. The number of carbonyl (C=O) groups is 2. The molecule has 1 aromatic carbocycles. The molecule has 1 atom stereocenters. The summed E-state index contributed by atoms with van der Waals surface area (Å²) in [7, 11) is 0. The number of rotatable bonds is 5. The molecule has 1 rings (SSSR count). The molecule has 0 aliphatic carbocycles. The topological polar surface area (TPSA) is 92.4 Å². The van der Waals surface area contributed by atoms with Crippen LogP contribution in [0.5, 0.6) is 0 Å². The van der Waals surface area contributed by atoms with E-state index in [1.54, 1.807) is 0 Å². The van der Waals surface area contributed by atoms with Crippen molar-refractivity contribution in [1.29, 1.82) is 0 Å². The standard InChI is InChI=1S/C12H15FN2O3/c1-2-3-9(14)11(16)15-10-5-4-7(12(17)18)6-8(10)13/h4-6,9H,2-3,14H2,1H3,(H,15,16)(H,17,18)/t9-/m0/s1. The molecule has 0 spiro atoms. The van der Waals surface area contributed by atoms with Gasteiger partial charge in [-0.1, -0.05) is 13.3 Å². The summed E-state index contributed by atoms with van der Waals surface area (Å²) in [6.45, 7) is 1.88. The molecule has 0 aliphatic heterocycles. The number of carboxylic acids is 1. The lowest BCUT2D eigenvalue weighted by Crippen LogP contribution is -2.35. The summed E-state index contributed by atoms with van der Waals surface area (Å²) >= 11 is 0. The van der Waals surface area contributed by atoms with Gasteiger partial charge in [-0.05, 0) is 24.6 Å². The molecule has 0 saturated heterocycles. The number of carbonyl (C=O) groups excluding carboxylic acids is 1. The van der Waals surface area contributed by atoms with Gasteiger partial charge in [0.05, 0.1) is 17.3 Å². The fraction of sp³-hybridized carbons (Fsp3) is 0.333. The van der Waals surface area contributed by atoms with Crippen LogP contribution in [0.4, 0.5) is 10.1 Å². The quantitative estimate of drug-likeness (QED) is 0.744. The zero-order valence-electron chi connectivity index (χ0n) is 9.94. The Morgan fingerprint density at radius 1 is 1.50 bits per heavy atom. The van der Waals surface area contributed by atoms with E-state index in [1.807, 2.05) is 6.92 Å². The summed E-state index contributed by atoms with van der Waals surface area (Å²) in [6, 6.07) is 2.57. The molecule has 5 nitrogen and oxygen atoms in total. The SMILES string of the molecule is CCC[C@H](N)C(=O)Nc1ccc(C(=O)O)cc1F. The van der Waals surface area contributed by atoms with E-state index < -0.39 is 23.7 Å². The average Bonchev–Trinajstić information content (AvgIpc) is 2.31. The van der Waals surface area contributed by atoms with Crippen molar-refractivity contribution in [2.24, 2.45) is 5.73 Å². The number of amides is 1. The summed E-state index contributed by atoms with van der Waals surface area (Å²) in [5, 5.41) is 11.0. The largest absolute Gasteiger partial charge is 0.478 e. The molecule has 1 aromatic rings. The summed E-state index contributed by atoms with van der Waals surface area (Å²) in [4.78, 5) is 22.2. The molecular formula is C12H15FN2O3. The Bertz CT molecular complexity index is 463. The van der Waals surface area contributed by atoms with Crippen LogP contribution >= 0.6 is 0 Å². The van der Waals surface area contributed by atoms with Crippen LogP contribution in [0.3, 0.4) is 0 Å². The van der Waals surface area contributed by atoms with Gasteiger partial charge in [0.15, 0.2) is 0 Å². The monoisotopic (exact) mass is 254 g/mol. The highest BCUT2D eigenvalue weighted by Gasteiger charge is 2.15. The van der Waals surface area contributed by atoms with Crippen LogP contribution < -0.4 is 11.1 Å². The van der Waals surface area contributed by atoms with Crippen LogP contribution in [-0.4, -0.2) is 23.0 Å². The predicted molar refractivity (Wildman–Crippen MR) is 64.9 cm³/mol. The summed E-state index contributed by atoms with van der Waals surface area (Å²) in [5.41, 5.74) is 5.33. The van der Waals surface area contributed by atoms with Gasteiger partial charge in [-0.25, -0.2) is 9.18 Å². The van der Waals surface area contributed by atoms with Gasteiger partial charge in [0.2, 0.25) is 5.91 Å². The lowest BCUT2D eigenvalue weighted by atomic mass is 10.1. The summed E-state index contributed by atoms with van der Waals surface area (Å²) < 4.78 is 13.5. The highest BCUT2D eigenvalue weighted by molar-refractivity contribution is 5.95. The minimum absolute atomic E-state index is 0.0726. The van der Waals surface area contributed by atoms with Crippen LogP contribution in [0.15, 0.2) is 18.2 Å². The minimum Gasteiger partial charge on any atom is -0.478 e. The van der Waals surface area contributed by atoms with E-state index >= 15 is 0 Å². The molecule has 0 bridgehead atoms. The Morgan fingerprint density at radius 3 is 2.67 bits per heavy atom. The Hall–Kier alpha value is -1.95. The van der Waals surface area contributed by atoms with Gasteiger partial charge in [0, 0.05) is 0 Å². The fourth-order valence-corrected chi connectivity index (χ4v) is 1.42. The van der Waals surface area contributed by atoms with E-state index in [9.17, 15) is 14.0 Å². The van der Waals surface area contributed by atoms with Crippen LogP contribution in [0.2, 0.25) is 0 Å². The predicted octanol–water partition coefficient (Wildman–Crippen LogP) is 1.59. The van der Waals surface area contributed by atoms with Crippen molar-refractivity contribution in [2.75, 3.05) is 5.32 Å². The van der Waals surface area contributed by atoms with Gasteiger partial charge in [-0.2, -0.15) is 0 Å². The van der Waals surface area contributed by atoms with Gasteiger partial charge in [-0.3, -0.25) is 4.79 Å². The third kappa shape index (κ3) is 3.53. The van der Waals surface area contributed by atoms with Crippen molar-refractivity contribution in [3.63, 3.8) is 0 Å². The van der Waals surface area contributed by atoms with Gasteiger partial charge in [0.1, 0.15) is 5.82 Å². The first-order chi connectivity index (χ1) is 8.45. The number of halogens is 1. The summed E-state index contributed by atoms with van der Waals surface area (Å²) in [6.07, 6.45) is 1.25. The molecule has 0 saturated carbocycles. The van der Waals surface area contributed by atoms with E-state index in [0.29, 0.717) is 6.42 Å². The molecular weight excluding hydrogens is 239 g/mol. The van der Waals surface area contributed by atoms with Crippen molar-refractivity contribution < 1.29 is 19.1 Å². The average molecular weight is 254 g/mol. The number of nitrogens with one attached hydrogen (secondary N) is 1. The highest BCUT2D eigenvalue weighted by Crippen LogP contribution is 2.16. The van der Waals surface area contributed by atoms with E-state index in [1.165, 1.54) is 12.1 Å². The fourth-order valence-electron chi connectivity index (χ4n) is 1.42. The Morgan fingerprint density at radius 2 is 2.17 bits per heavy atom. The second kappa shape index (κ2) is 6.11. The number of nitrogens with two attached hydrogens (primary N) is 1. The molecule has 18 heavy (non-hydrogen) atoms. The minimum atomic E-state index is -1.23. The molecule has 0 unspecified atom stereocenters. The maximum Gasteiger partial charge on any atom is 0.335 e. The Kier molecular flexibility index (Phi) is 4.79. The second-order valence-corrected chi connectivity index (χ2v) is 3.88. The van der Waals surface area contributed by atoms with Crippen LogP contribution in [0.1, 0.15) is 30.1 Å². The maximum atomic E-state index is 13.5. The first kappa shape index (κ1) is 14.1. The molecule has 0 radical (unpaired) electrons. The molecule has 6 heteroatoms.